The van der Waals surface area contributed by atoms with Gasteiger partial charge in [-0.1, -0.05) is 0 Å². The molecule has 1 aliphatic rings. The summed E-state index contributed by atoms with van der Waals surface area (Å²) in [5.74, 6) is 1.20. The number of piperazine rings is 1. The molecule has 0 N–H and O–H groups in total. The lowest BCUT2D eigenvalue weighted by atomic mass is 10.2. The van der Waals surface area contributed by atoms with E-state index in [9.17, 15) is 13.7 Å². The summed E-state index contributed by atoms with van der Waals surface area (Å²) in [5.41, 5.74) is 0.490. The number of hydrogen-bond donors (Lipinski definition) is 0. The second-order valence-corrected chi connectivity index (χ2v) is 8.33. The lowest BCUT2D eigenvalue weighted by Crippen LogP contribution is -2.49. The third-order valence-corrected chi connectivity index (χ3v) is 6.52. The van der Waals surface area contributed by atoms with Crippen molar-refractivity contribution in [3.8, 4) is 11.8 Å². The van der Waals surface area contributed by atoms with Gasteiger partial charge in [0.25, 0.3) is 0 Å². The van der Waals surface area contributed by atoms with Crippen LogP contribution in [0.15, 0.2) is 47.5 Å². The molecule has 29 heavy (non-hydrogen) atoms. The fraction of sp³-hybridized carbons (Fsp3) is 0.400. The fourth-order valence-corrected chi connectivity index (χ4v) is 4.52. The SMILES string of the molecule is CCOCCOc1ccc(S(=O)(=O)N2CCN(c3ncccc3C#N)CC2)cc1. The van der Waals surface area contributed by atoms with Crippen molar-refractivity contribution in [1.29, 1.82) is 5.26 Å². The molecular weight excluding hydrogens is 392 g/mol. The van der Waals surface area contributed by atoms with Crippen molar-refractivity contribution in [3.05, 3.63) is 48.2 Å². The Morgan fingerprint density at radius 3 is 2.48 bits per heavy atom. The van der Waals surface area contributed by atoms with E-state index in [1.54, 1.807) is 42.6 Å². The molecule has 154 valence electrons. The van der Waals surface area contributed by atoms with Gasteiger partial charge in [0, 0.05) is 39.0 Å². The maximum absolute atomic E-state index is 12.9. The molecule has 1 aromatic carbocycles. The van der Waals surface area contributed by atoms with E-state index in [0.717, 1.165) is 0 Å². The summed E-state index contributed by atoms with van der Waals surface area (Å²) < 4.78 is 38.1. The van der Waals surface area contributed by atoms with Crippen molar-refractivity contribution in [1.82, 2.24) is 9.29 Å². The standard InChI is InChI=1S/C20H24N4O4S/c1-2-27-14-15-28-18-5-7-19(8-6-18)29(25,26)24-12-10-23(11-13-24)20-17(16-21)4-3-9-22-20/h3-9H,2,10-15H2,1H3. The number of pyridine rings is 1. The maximum Gasteiger partial charge on any atom is 0.243 e. The molecule has 2 heterocycles. The van der Waals surface area contributed by atoms with Gasteiger partial charge >= 0.3 is 0 Å². The summed E-state index contributed by atoms with van der Waals surface area (Å²) in [6.45, 7) is 5.06. The predicted octanol–water partition coefficient (Wildman–Crippen LogP) is 1.88. The van der Waals surface area contributed by atoms with Gasteiger partial charge in [-0.2, -0.15) is 9.57 Å². The minimum Gasteiger partial charge on any atom is -0.491 e. The maximum atomic E-state index is 12.9. The Morgan fingerprint density at radius 1 is 1.10 bits per heavy atom. The minimum atomic E-state index is -3.59. The number of nitrogens with zero attached hydrogens (tertiary/aromatic N) is 4. The van der Waals surface area contributed by atoms with Crippen molar-refractivity contribution in [2.45, 2.75) is 11.8 Å². The highest BCUT2D eigenvalue weighted by atomic mass is 32.2. The molecule has 3 rings (SSSR count). The average molecular weight is 417 g/mol. The van der Waals surface area contributed by atoms with Gasteiger partial charge in [-0.3, -0.25) is 0 Å². The van der Waals surface area contributed by atoms with E-state index in [4.69, 9.17) is 9.47 Å². The first-order valence-corrected chi connectivity index (χ1v) is 10.9. The molecule has 0 spiro atoms. The Balaban J connectivity index is 1.62. The Hall–Kier alpha value is -2.67. The minimum absolute atomic E-state index is 0.235. The lowest BCUT2D eigenvalue weighted by Gasteiger charge is -2.34. The van der Waals surface area contributed by atoms with Crippen LogP contribution in [0.25, 0.3) is 0 Å². The molecule has 1 aromatic heterocycles. The largest absolute Gasteiger partial charge is 0.491 e. The molecule has 0 aliphatic carbocycles. The Bertz CT molecular complexity index is 949. The molecule has 0 atom stereocenters. The van der Waals surface area contributed by atoms with E-state index in [2.05, 4.69) is 11.1 Å². The molecule has 0 radical (unpaired) electrons. The number of anilines is 1. The topological polar surface area (TPSA) is 95.8 Å². The van der Waals surface area contributed by atoms with E-state index in [1.807, 2.05) is 11.8 Å². The number of nitriles is 1. The molecule has 8 nitrogen and oxygen atoms in total. The number of benzene rings is 1. The molecule has 0 bridgehead atoms. The van der Waals surface area contributed by atoms with Crippen LogP contribution in [0.3, 0.4) is 0 Å². The third-order valence-electron chi connectivity index (χ3n) is 4.61. The first-order valence-electron chi connectivity index (χ1n) is 9.47. The second-order valence-electron chi connectivity index (χ2n) is 6.39. The quantitative estimate of drug-likeness (QED) is 0.606. The predicted molar refractivity (Wildman–Crippen MR) is 108 cm³/mol. The number of hydrogen-bond acceptors (Lipinski definition) is 7. The van der Waals surface area contributed by atoms with Crippen molar-refractivity contribution in [2.24, 2.45) is 0 Å². The Labute approximate surface area is 171 Å². The highest BCUT2D eigenvalue weighted by molar-refractivity contribution is 7.89. The molecule has 0 unspecified atom stereocenters. The fourth-order valence-electron chi connectivity index (χ4n) is 3.10. The van der Waals surface area contributed by atoms with Gasteiger partial charge in [0.15, 0.2) is 0 Å². The first kappa shape index (κ1) is 21.0. The zero-order valence-corrected chi connectivity index (χ0v) is 17.1. The highest BCUT2D eigenvalue weighted by Gasteiger charge is 2.29. The van der Waals surface area contributed by atoms with Gasteiger partial charge in [0.05, 0.1) is 17.1 Å². The summed E-state index contributed by atoms with van der Waals surface area (Å²) in [4.78, 5) is 6.46. The highest BCUT2D eigenvalue weighted by Crippen LogP contribution is 2.23. The lowest BCUT2D eigenvalue weighted by molar-refractivity contribution is 0.110. The van der Waals surface area contributed by atoms with E-state index in [-0.39, 0.29) is 4.90 Å². The zero-order chi connectivity index (χ0) is 20.7. The number of ether oxygens (including phenoxy) is 2. The summed E-state index contributed by atoms with van der Waals surface area (Å²) in [6.07, 6.45) is 1.64. The molecule has 9 heteroatoms. The van der Waals surface area contributed by atoms with Crippen LogP contribution < -0.4 is 9.64 Å². The molecule has 2 aromatic rings. The Kier molecular flexibility index (Phi) is 7.04. The van der Waals surface area contributed by atoms with E-state index < -0.39 is 10.0 Å². The molecule has 0 amide bonds. The average Bonchev–Trinajstić information content (AvgIpc) is 2.77. The van der Waals surface area contributed by atoms with Crippen LogP contribution in [0, 0.1) is 11.3 Å². The smallest absolute Gasteiger partial charge is 0.243 e. The third kappa shape index (κ3) is 5.03. The van der Waals surface area contributed by atoms with Crippen molar-refractivity contribution in [3.63, 3.8) is 0 Å². The van der Waals surface area contributed by atoms with Crippen LogP contribution in [-0.2, 0) is 14.8 Å². The van der Waals surface area contributed by atoms with Crippen LogP contribution in [0.1, 0.15) is 12.5 Å². The van der Waals surface area contributed by atoms with Gasteiger partial charge in [-0.15, -0.1) is 0 Å². The molecule has 1 fully saturated rings. The van der Waals surface area contributed by atoms with Crippen molar-refractivity contribution in [2.75, 3.05) is 50.9 Å². The molecule has 1 aliphatic heterocycles. The van der Waals surface area contributed by atoms with Crippen LogP contribution in [0.5, 0.6) is 5.75 Å². The summed E-state index contributed by atoms with van der Waals surface area (Å²) in [5, 5.41) is 9.24. The van der Waals surface area contributed by atoms with E-state index in [0.29, 0.717) is 63.1 Å². The zero-order valence-electron chi connectivity index (χ0n) is 16.3. The molecule has 1 saturated heterocycles. The van der Waals surface area contributed by atoms with Crippen LogP contribution in [0.4, 0.5) is 5.82 Å². The monoisotopic (exact) mass is 416 g/mol. The van der Waals surface area contributed by atoms with E-state index in [1.165, 1.54) is 4.31 Å². The van der Waals surface area contributed by atoms with Crippen molar-refractivity contribution >= 4 is 15.8 Å². The van der Waals surface area contributed by atoms with Crippen LogP contribution in [0.2, 0.25) is 0 Å². The van der Waals surface area contributed by atoms with Crippen LogP contribution in [-0.4, -0.2) is 63.7 Å². The molecular formula is C20H24N4O4S. The molecule has 0 saturated carbocycles. The number of sulfonamides is 1. The van der Waals surface area contributed by atoms with Gasteiger partial charge in [-0.05, 0) is 43.3 Å². The summed E-state index contributed by atoms with van der Waals surface area (Å²) >= 11 is 0. The number of rotatable bonds is 8. The first-order chi connectivity index (χ1) is 14.1. The number of aromatic nitrogens is 1. The normalized spacial score (nSPS) is 15.1. The van der Waals surface area contributed by atoms with Crippen molar-refractivity contribution < 1.29 is 17.9 Å². The Morgan fingerprint density at radius 2 is 1.83 bits per heavy atom. The summed E-state index contributed by atoms with van der Waals surface area (Å²) in [6, 6.07) is 12.0. The van der Waals surface area contributed by atoms with Crippen LogP contribution >= 0.6 is 0 Å². The van der Waals surface area contributed by atoms with Gasteiger partial charge in [-0.25, -0.2) is 13.4 Å². The van der Waals surface area contributed by atoms with Gasteiger partial charge in [0.1, 0.15) is 24.2 Å². The van der Waals surface area contributed by atoms with Gasteiger partial charge < -0.3 is 14.4 Å². The second kappa shape index (κ2) is 9.69. The van der Waals surface area contributed by atoms with Gasteiger partial charge in [0.2, 0.25) is 10.0 Å². The summed E-state index contributed by atoms with van der Waals surface area (Å²) in [7, 11) is -3.59. The van der Waals surface area contributed by atoms with E-state index >= 15 is 0 Å².